The van der Waals surface area contributed by atoms with Crippen LogP contribution in [0.3, 0.4) is 0 Å². The molecule has 0 bridgehead atoms. The van der Waals surface area contributed by atoms with Gasteiger partial charge in [0.15, 0.2) is 6.61 Å². The van der Waals surface area contributed by atoms with Crippen LogP contribution < -0.4 is 10.5 Å². The highest BCUT2D eigenvalue weighted by molar-refractivity contribution is 5.77. The van der Waals surface area contributed by atoms with Crippen LogP contribution in [0.4, 0.5) is 0 Å². The van der Waals surface area contributed by atoms with Crippen LogP contribution in [0.25, 0.3) is 0 Å². The Kier molecular flexibility index (Phi) is 6.02. The zero-order chi connectivity index (χ0) is 15.1. The lowest BCUT2D eigenvalue weighted by molar-refractivity contribution is -0.135. The minimum absolute atomic E-state index is 0.0395. The summed E-state index contributed by atoms with van der Waals surface area (Å²) in [5, 5.41) is 0. The lowest BCUT2D eigenvalue weighted by Crippen LogP contribution is -2.41. The van der Waals surface area contributed by atoms with Gasteiger partial charge in [0.1, 0.15) is 5.75 Å². The standard InChI is InChI=1S/C16H24N2O3/c1-20-11-13-6-8-18(9-7-13)16(19)12-21-15-5-3-2-4-14(15)10-17/h2-5,13H,6-12,17H2,1H3. The lowest BCUT2D eigenvalue weighted by Gasteiger charge is -2.31. The number of rotatable bonds is 6. The molecule has 1 aliphatic rings. The molecule has 0 aromatic heterocycles. The van der Waals surface area contributed by atoms with E-state index in [9.17, 15) is 4.79 Å². The fraction of sp³-hybridized carbons (Fsp3) is 0.562. The second-order valence-electron chi connectivity index (χ2n) is 5.38. The smallest absolute Gasteiger partial charge is 0.260 e. The molecule has 5 heteroatoms. The van der Waals surface area contributed by atoms with E-state index in [1.54, 1.807) is 7.11 Å². The second kappa shape index (κ2) is 8.00. The first-order valence-electron chi connectivity index (χ1n) is 7.42. The molecule has 0 saturated carbocycles. The van der Waals surface area contributed by atoms with Crippen LogP contribution in [-0.4, -0.2) is 44.2 Å². The molecule has 1 heterocycles. The topological polar surface area (TPSA) is 64.8 Å². The number of nitrogens with two attached hydrogens (primary N) is 1. The van der Waals surface area contributed by atoms with Gasteiger partial charge in [-0.2, -0.15) is 0 Å². The number of piperidine rings is 1. The monoisotopic (exact) mass is 292 g/mol. The Labute approximate surface area is 126 Å². The predicted molar refractivity (Wildman–Crippen MR) is 81.0 cm³/mol. The number of para-hydroxylation sites is 1. The summed E-state index contributed by atoms with van der Waals surface area (Å²) in [4.78, 5) is 14.0. The maximum Gasteiger partial charge on any atom is 0.260 e. The Hall–Kier alpha value is -1.59. The van der Waals surface area contributed by atoms with Gasteiger partial charge in [0.25, 0.3) is 5.91 Å². The minimum atomic E-state index is 0.0395. The van der Waals surface area contributed by atoms with Gasteiger partial charge in [0.2, 0.25) is 0 Å². The van der Waals surface area contributed by atoms with Gasteiger partial charge in [0.05, 0.1) is 0 Å². The summed E-state index contributed by atoms with van der Waals surface area (Å²) in [5.41, 5.74) is 6.58. The number of methoxy groups -OCH3 is 1. The molecule has 0 unspecified atom stereocenters. The van der Waals surface area contributed by atoms with Gasteiger partial charge in [-0.3, -0.25) is 4.79 Å². The average Bonchev–Trinajstić information content (AvgIpc) is 2.54. The normalized spacial score (nSPS) is 16.0. The summed E-state index contributed by atoms with van der Waals surface area (Å²) in [6.45, 7) is 2.84. The summed E-state index contributed by atoms with van der Waals surface area (Å²) < 4.78 is 10.8. The van der Waals surface area contributed by atoms with Gasteiger partial charge in [-0.25, -0.2) is 0 Å². The van der Waals surface area contributed by atoms with E-state index < -0.39 is 0 Å². The minimum Gasteiger partial charge on any atom is -0.483 e. The number of hydrogen-bond donors (Lipinski definition) is 1. The van der Waals surface area contributed by atoms with Crippen molar-refractivity contribution >= 4 is 5.91 Å². The largest absolute Gasteiger partial charge is 0.483 e. The van der Waals surface area contributed by atoms with E-state index in [-0.39, 0.29) is 12.5 Å². The first-order valence-corrected chi connectivity index (χ1v) is 7.42. The highest BCUT2D eigenvalue weighted by Crippen LogP contribution is 2.19. The lowest BCUT2D eigenvalue weighted by atomic mass is 9.98. The molecular formula is C16H24N2O3. The van der Waals surface area contributed by atoms with E-state index in [4.69, 9.17) is 15.2 Å². The third-order valence-electron chi connectivity index (χ3n) is 3.91. The van der Waals surface area contributed by atoms with Crippen molar-refractivity contribution < 1.29 is 14.3 Å². The fourth-order valence-electron chi connectivity index (χ4n) is 2.63. The number of carbonyl (C=O) groups is 1. The molecule has 0 spiro atoms. The van der Waals surface area contributed by atoms with Crippen LogP contribution >= 0.6 is 0 Å². The molecular weight excluding hydrogens is 268 g/mol. The van der Waals surface area contributed by atoms with E-state index >= 15 is 0 Å². The molecule has 1 aromatic rings. The summed E-state index contributed by atoms with van der Waals surface area (Å²) >= 11 is 0. The Morgan fingerprint density at radius 1 is 1.33 bits per heavy atom. The van der Waals surface area contributed by atoms with Crippen molar-refractivity contribution in [3.05, 3.63) is 29.8 Å². The Morgan fingerprint density at radius 3 is 2.71 bits per heavy atom. The molecule has 5 nitrogen and oxygen atoms in total. The van der Waals surface area contributed by atoms with Crippen LogP contribution in [0.1, 0.15) is 18.4 Å². The van der Waals surface area contributed by atoms with Crippen LogP contribution in [0.2, 0.25) is 0 Å². The Morgan fingerprint density at radius 2 is 2.05 bits per heavy atom. The third-order valence-corrected chi connectivity index (χ3v) is 3.91. The van der Waals surface area contributed by atoms with Crippen molar-refractivity contribution in [3.63, 3.8) is 0 Å². The number of ether oxygens (including phenoxy) is 2. The maximum atomic E-state index is 12.2. The Bertz CT molecular complexity index is 457. The van der Waals surface area contributed by atoms with E-state index in [0.717, 1.165) is 38.1 Å². The number of hydrogen-bond acceptors (Lipinski definition) is 4. The molecule has 0 radical (unpaired) electrons. The molecule has 0 aliphatic carbocycles. The molecule has 1 amide bonds. The molecule has 1 aromatic carbocycles. The van der Waals surface area contributed by atoms with Crippen molar-refractivity contribution in [1.82, 2.24) is 4.90 Å². The molecule has 0 atom stereocenters. The van der Waals surface area contributed by atoms with Crippen molar-refractivity contribution in [2.45, 2.75) is 19.4 Å². The van der Waals surface area contributed by atoms with E-state index in [1.165, 1.54) is 0 Å². The van der Waals surface area contributed by atoms with Crippen molar-refractivity contribution in [2.75, 3.05) is 33.4 Å². The third kappa shape index (κ3) is 4.44. The number of benzene rings is 1. The second-order valence-corrected chi connectivity index (χ2v) is 5.38. The summed E-state index contributed by atoms with van der Waals surface area (Å²) in [5.74, 6) is 1.30. The number of amides is 1. The zero-order valence-electron chi connectivity index (χ0n) is 12.6. The van der Waals surface area contributed by atoms with Crippen molar-refractivity contribution in [2.24, 2.45) is 11.7 Å². The maximum absolute atomic E-state index is 12.2. The van der Waals surface area contributed by atoms with Gasteiger partial charge >= 0.3 is 0 Å². The number of carbonyl (C=O) groups excluding carboxylic acids is 1. The van der Waals surface area contributed by atoms with E-state index in [2.05, 4.69) is 0 Å². The number of likely N-dealkylation sites (tertiary alicyclic amines) is 1. The SMILES string of the molecule is COCC1CCN(C(=O)COc2ccccc2CN)CC1. The first-order chi connectivity index (χ1) is 10.2. The molecule has 116 valence electrons. The van der Waals surface area contributed by atoms with E-state index in [1.807, 2.05) is 29.2 Å². The van der Waals surface area contributed by atoms with Gasteiger partial charge in [-0.15, -0.1) is 0 Å². The van der Waals surface area contributed by atoms with Gasteiger partial charge in [-0.1, -0.05) is 18.2 Å². The number of nitrogens with zero attached hydrogens (tertiary/aromatic N) is 1. The molecule has 21 heavy (non-hydrogen) atoms. The summed E-state index contributed by atoms with van der Waals surface area (Å²) in [6.07, 6.45) is 2.00. The van der Waals surface area contributed by atoms with Crippen molar-refractivity contribution in [3.8, 4) is 5.75 Å². The summed E-state index contributed by atoms with van der Waals surface area (Å²) in [6, 6.07) is 7.56. The molecule has 2 rings (SSSR count). The van der Waals surface area contributed by atoms with Crippen molar-refractivity contribution in [1.29, 1.82) is 0 Å². The average molecular weight is 292 g/mol. The van der Waals surface area contributed by atoms with E-state index in [0.29, 0.717) is 18.2 Å². The highest BCUT2D eigenvalue weighted by atomic mass is 16.5. The van der Waals surface area contributed by atoms with Gasteiger partial charge < -0.3 is 20.1 Å². The zero-order valence-corrected chi connectivity index (χ0v) is 12.6. The van der Waals surface area contributed by atoms with Crippen LogP contribution in [0.15, 0.2) is 24.3 Å². The van der Waals surface area contributed by atoms with Gasteiger partial charge in [-0.05, 0) is 24.8 Å². The summed E-state index contributed by atoms with van der Waals surface area (Å²) in [7, 11) is 1.72. The molecule has 1 saturated heterocycles. The highest BCUT2D eigenvalue weighted by Gasteiger charge is 2.22. The molecule has 1 fully saturated rings. The predicted octanol–water partition coefficient (Wildman–Crippen LogP) is 1.41. The molecule has 2 N–H and O–H groups in total. The van der Waals surface area contributed by atoms with Crippen LogP contribution in [0.5, 0.6) is 5.75 Å². The van der Waals surface area contributed by atoms with Crippen LogP contribution in [0, 0.1) is 5.92 Å². The first kappa shape index (κ1) is 15.8. The quantitative estimate of drug-likeness (QED) is 0.861. The fourth-order valence-corrected chi connectivity index (χ4v) is 2.63. The van der Waals surface area contributed by atoms with Crippen LogP contribution in [-0.2, 0) is 16.1 Å². The molecule has 1 aliphatic heterocycles. The van der Waals surface area contributed by atoms with Gasteiger partial charge in [0, 0.05) is 38.9 Å². The Balaban J connectivity index is 1.80.